The van der Waals surface area contributed by atoms with Crippen LogP contribution in [0.1, 0.15) is 11.1 Å². The first kappa shape index (κ1) is 17.0. The molecule has 0 atom stereocenters. The maximum Gasteiger partial charge on any atom is 0.488 e. The van der Waals surface area contributed by atoms with Gasteiger partial charge in [0.2, 0.25) is 0 Å². The summed E-state index contributed by atoms with van der Waals surface area (Å²) in [5.74, 6) is 0.682. The second-order valence-electron chi connectivity index (χ2n) is 5.70. The topological polar surface area (TPSA) is 49.7 Å². The van der Waals surface area contributed by atoms with E-state index in [2.05, 4.69) is 36.4 Å². The molecule has 0 heterocycles. The Labute approximate surface area is 148 Å². The van der Waals surface area contributed by atoms with Crippen LogP contribution in [-0.4, -0.2) is 24.3 Å². The van der Waals surface area contributed by atoms with Crippen LogP contribution < -0.4 is 10.2 Å². The number of benzene rings is 3. The molecule has 0 unspecified atom stereocenters. The number of hydrogen-bond donors (Lipinski definition) is 2. The first-order valence-corrected chi connectivity index (χ1v) is 8.05. The molecule has 0 bridgehead atoms. The Kier molecular flexibility index (Phi) is 5.34. The zero-order valence-electron chi connectivity index (χ0n) is 14.0. The van der Waals surface area contributed by atoms with Gasteiger partial charge in [0.1, 0.15) is 5.75 Å². The molecule has 0 aromatic heterocycles. The first-order chi connectivity index (χ1) is 12.2. The van der Waals surface area contributed by atoms with Crippen LogP contribution in [0.3, 0.4) is 0 Å². The second-order valence-corrected chi connectivity index (χ2v) is 5.70. The third-order valence-corrected chi connectivity index (χ3v) is 4.03. The number of rotatable bonds is 5. The fourth-order valence-corrected chi connectivity index (χ4v) is 2.65. The lowest BCUT2D eigenvalue weighted by Crippen LogP contribution is -2.29. The lowest BCUT2D eigenvalue weighted by molar-refractivity contribution is 0.413. The molecule has 124 valence electrons. The predicted octanol–water partition coefficient (Wildman–Crippen LogP) is 3.21. The fourth-order valence-electron chi connectivity index (χ4n) is 2.65. The molecule has 2 N–H and O–H groups in total. The van der Waals surface area contributed by atoms with Crippen LogP contribution in [0.4, 0.5) is 0 Å². The van der Waals surface area contributed by atoms with Gasteiger partial charge in [-0.15, -0.1) is 0 Å². The highest BCUT2D eigenvalue weighted by Crippen LogP contribution is 2.22. The molecule has 0 aliphatic carbocycles. The molecule has 3 rings (SSSR count). The predicted molar refractivity (Wildman–Crippen MR) is 104 cm³/mol. The maximum absolute atomic E-state index is 9.33. The Balaban J connectivity index is 1.83. The third-order valence-electron chi connectivity index (χ3n) is 4.03. The summed E-state index contributed by atoms with van der Waals surface area (Å²) in [5, 5.41) is 18.7. The average molecular weight is 330 g/mol. The normalized spacial score (nSPS) is 10.8. The van der Waals surface area contributed by atoms with Crippen molar-refractivity contribution in [2.24, 2.45) is 0 Å². The van der Waals surface area contributed by atoms with Crippen LogP contribution in [0.2, 0.25) is 0 Å². The van der Waals surface area contributed by atoms with Crippen molar-refractivity contribution in [1.82, 2.24) is 0 Å². The van der Waals surface area contributed by atoms with Gasteiger partial charge in [0, 0.05) is 5.56 Å². The second kappa shape index (κ2) is 7.84. The van der Waals surface area contributed by atoms with Crippen molar-refractivity contribution in [1.29, 1.82) is 0 Å². The largest absolute Gasteiger partial charge is 0.496 e. The van der Waals surface area contributed by atoms with Crippen LogP contribution in [-0.2, 0) is 0 Å². The van der Waals surface area contributed by atoms with E-state index in [0.717, 1.165) is 11.1 Å². The van der Waals surface area contributed by atoms with E-state index in [4.69, 9.17) is 4.74 Å². The number of hydrogen-bond acceptors (Lipinski definition) is 3. The van der Waals surface area contributed by atoms with E-state index in [1.165, 1.54) is 11.1 Å². The first-order valence-electron chi connectivity index (χ1n) is 8.05. The van der Waals surface area contributed by atoms with Gasteiger partial charge in [-0.2, -0.15) is 0 Å². The molecule has 3 aromatic carbocycles. The van der Waals surface area contributed by atoms with E-state index >= 15 is 0 Å². The summed E-state index contributed by atoms with van der Waals surface area (Å²) in [6, 6.07) is 23.6. The molecule has 0 saturated heterocycles. The van der Waals surface area contributed by atoms with Crippen LogP contribution in [0.5, 0.6) is 5.75 Å². The van der Waals surface area contributed by atoms with Gasteiger partial charge in [0.15, 0.2) is 0 Å². The summed E-state index contributed by atoms with van der Waals surface area (Å²) in [7, 11) is 0.0966. The highest BCUT2D eigenvalue weighted by atomic mass is 16.5. The molecule has 4 heteroatoms. The van der Waals surface area contributed by atoms with Crippen LogP contribution >= 0.6 is 0 Å². The monoisotopic (exact) mass is 330 g/mol. The SMILES string of the molecule is COc1ccc(B(O)O)cc1/C=C/c1ccc(-c2ccccc2)cc1. The van der Waals surface area contributed by atoms with Gasteiger partial charge in [-0.1, -0.05) is 78.9 Å². The molecule has 3 nitrogen and oxygen atoms in total. The van der Waals surface area contributed by atoms with E-state index < -0.39 is 7.12 Å². The van der Waals surface area contributed by atoms with E-state index in [9.17, 15) is 10.0 Å². The van der Waals surface area contributed by atoms with Crippen molar-refractivity contribution in [3.05, 3.63) is 83.9 Å². The zero-order valence-corrected chi connectivity index (χ0v) is 14.0. The molecular weight excluding hydrogens is 311 g/mol. The third kappa shape index (κ3) is 4.18. The molecule has 0 aliphatic heterocycles. The van der Waals surface area contributed by atoms with Gasteiger partial charge in [0.25, 0.3) is 0 Å². The summed E-state index contributed by atoms with van der Waals surface area (Å²) < 4.78 is 5.33. The Morgan fingerprint density at radius 1 is 0.800 bits per heavy atom. The standard InChI is InChI=1S/C21H19BO3/c1-25-21-14-13-20(22(23)24)15-19(21)12-9-16-7-10-18(11-8-16)17-5-3-2-4-6-17/h2-15,23-24H,1H3/b12-9+. The summed E-state index contributed by atoms with van der Waals surface area (Å²) in [6.45, 7) is 0. The Bertz CT molecular complexity index is 856. The van der Waals surface area contributed by atoms with E-state index in [1.807, 2.05) is 30.4 Å². The highest BCUT2D eigenvalue weighted by Gasteiger charge is 2.12. The van der Waals surface area contributed by atoms with Gasteiger partial charge < -0.3 is 14.8 Å². The molecule has 3 aromatic rings. The molecule has 25 heavy (non-hydrogen) atoms. The number of methoxy groups -OCH3 is 1. The van der Waals surface area contributed by atoms with Gasteiger partial charge >= 0.3 is 7.12 Å². The Morgan fingerprint density at radius 3 is 2.12 bits per heavy atom. The lowest BCUT2D eigenvalue weighted by atomic mass is 9.79. The molecule has 0 amide bonds. The molecule has 0 fully saturated rings. The lowest BCUT2D eigenvalue weighted by Gasteiger charge is -2.07. The van der Waals surface area contributed by atoms with Gasteiger partial charge in [-0.3, -0.25) is 0 Å². The Morgan fingerprint density at radius 2 is 1.48 bits per heavy atom. The van der Waals surface area contributed by atoms with Crippen molar-refractivity contribution >= 4 is 24.7 Å². The molecular formula is C21H19BO3. The minimum absolute atomic E-state index is 0.430. The van der Waals surface area contributed by atoms with Crippen LogP contribution in [0, 0.1) is 0 Å². The maximum atomic E-state index is 9.33. The molecule has 0 radical (unpaired) electrons. The summed E-state index contributed by atoms with van der Waals surface area (Å²) in [4.78, 5) is 0. The Hall–Kier alpha value is -2.82. The smallest absolute Gasteiger partial charge is 0.488 e. The average Bonchev–Trinajstić information content (AvgIpc) is 2.67. The van der Waals surface area contributed by atoms with Gasteiger partial charge in [-0.25, -0.2) is 0 Å². The summed E-state index contributed by atoms with van der Waals surface area (Å²) in [5.41, 5.74) is 4.63. The minimum atomic E-state index is -1.50. The molecule has 0 aliphatic rings. The molecule has 0 saturated carbocycles. The van der Waals surface area contributed by atoms with E-state index in [1.54, 1.807) is 25.3 Å². The van der Waals surface area contributed by atoms with Crippen molar-refractivity contribution in [2.45, 2.75) is 0 Å². The van der Waals surface area contributed by atoms with Crippen molar-refractivity contribution in [2.75, 3.05) is 7.11 Å². The highest BCUT2D eigenvalue weighted by molar-refractivity contribution is 6.58. The summed E-state index contributed by atoms with van der Waals surface area (Å²) in [6.07, 6.45) is 3.88. The van der Waals surface area contributed by atoms with Gasteiger partial charge in [0.05, 0.1) is 7.11 Å². The zero-order chi connectivity index (χ0) is 17.6. The van der Waals surface area contributed by atoms with Crippen molar-refractivity contribution < 1.29 is 14.8 Å². The number of ether oxygens (including phenoxy) is 1. The van der Waals surface area contributed by atoms with E-state index in [0.29, 0.717) is 11.2 Å². The molecule has 0 spiro atoms. The van der Waals surface area contributed by atoms with Crippen LogP contribution in [0.15, 0.2) is 72.8 Å². The quantitative estimate of drug-likeness (QED) is 0.558. The van der Waals surface area contributed by atoms with Gasteiger partial charge in [-0.05, 0) is 28.2 Å². The summed E-state index contributed by atoms with van der Waals surface area (Å²) >= 11 is 0. The minimum Gasteiger partial charge on any atom is -0.496 e. The van der Waals surface area contributed by atoms with Crippen LogP contribution in [0.25, 0.3) is 23.3 Å². The van der Waals surface area contributed by atoms with Crippen molar-refractivity contribution in [3.63, 3.8) is 0 Å². The van der Waals surface area contributed by atoms with E-state index in [-0.39, 0.29) is 0 Å². The van der Waals surface area contributed by atoms with Crippen molar-refractivity contribution in [3.8, 4) is 16.9 Å². The fraction of sp³-hybridized carbons (Fsp3) is 0.0476.